The van der Waals surface area contributed by atoms with Crippen LogP contribution in [0.25, 0.3) is 0 Å². The van der Waals surface area contributed by atoms with Crippen LogP contribution in [0.5, 0.6) is 0 Å². The van der Waals surface area contributed by atoms with Gasteiger partial charge in [0.15, 0.2) is 0 Å². The minimum atomic E-state index is -0.0668. The van der Waals surface area contributed by atoms with Crippen molar-refractivity contribution in [1.82, 2.24) is 4.90 Å². The van der Waals surface area contributed by atoms with Crippen molar-refractivity contribution < 1.29 is 10.2 Å². The second-order valence-corrected chi connectivity index (χ2v) is 5.77. The summed E-state index contributed by atoms with van der Waals surface area (Å²) in [5.74, 6) is 0.499. The van der Waals surface area contributed by atoms with Gasteiger partial charge < -0.3 is 15.1 Å². The molecule has 1 saturated carbocycles. The fourth-order valence-corrected chi connectivity index (χ4v) is 3.49. The molecule has 0 radical (unpaired) electrons. The average Bonchev–Trinajstić information content (AvgIpc) is 2.77. The monoisotopic (exact) mass is 241 g/mol. The zero-order valence-corrected chi connectivity index (χ0v) is 10.9. The Morgan fingerprint density at radius 1 is 1.06 bits per heavy atom. The van der Waals surface area contributed by atoms with Gasteiger partial charge in [-0.05, 0) is 51.0 Å². The van der Waals surface area contributed by atoms with Crippen LogP contribution in [0.1, 0.15) is 51.4 Å². The second kappa shape index (κ2) is 6.72. The van der Waals surface area contributed by atoms with Crippen LogP contribution < -0.4 is 0 Å². The number of likely N-dealkylation sites (tertiary alicyclic amines) is 1. The maximum atomic E-state index is 10.0. The lowest BCUT2D eigenvalue weighted by atomic mass is 9.86. The lowest BCUT2D eigenvalue weighted by molar-refractivity contribution is 0.0424. The zero-order valence-electron chi connectivity index (χ0n) is 10.9. The minimum absolute atomic E-state index is 0.0668. The Balaban J connectivity index is 1.79. The van der Waals surface area contributed by atoms with E-state index in [2.05, 4.69) is 4.90 Å². The Labute approximate surface area is 105 Å². The van der Waals surface area contributed by atoms with Crippen LogP contribution >= 0.6 is 0 Å². The number of nitrogens with zero attached hydrogens (tertiary/aromatic N) is 1. The first kappa shape index (κ1) is 13.3. The van der Waals surface area contributed by atoms with E-state index in [9.17, 15) is 5.11 Å². The zero-order chi connectivity index (χ0) is 12.1. The third-order valence-electron chi connectivity index (χ3n) is 4.53. The van der Waals surface area contributed by atoms with E-state index < -0.39 is 0 Å². The summed E-state index contributed by atoms with van der Waals surface area (Å²) in [5, 5.41) is 18.9. The third-order valence-corrected chi connectivity index (χ3v) is 4.53. The average molecular weight is 241 g/mol. The van der Waals surface area contributed by atoms with E-state index in [-0.39, 0.29) is 6.10 Å². The maximum Gasteiger partial charge on any atom is 0.0580 e. The molecule has 2 fully saturated rings. The molecule has 17 heavy (non-hydrogen) atoms. The minimum Gasteiger partial charge on any atom is -0.396 e. The molecule has 0 aromatic heterocycles. The predicted octanol–water partition coefficient (Wildman–Crippen LogP) is 1.77. The molecule has 3 heteroatoms. The number of aliphatic hydroxyl groups excluding tert-OH is 2. The highest BCUT2D eigenvalue weighted by atomic mass is 16.3. The van der Waals surface area contributed by atoms with Crippen molar-refractivity contribution in [1.29, 1.82) is 0 Å². The highest BCUT2D eigenvalue weighted by Crippen LogP contribution is 2.29. The van der Waals surface area contributed by atoms with Crippen molar-refractivity contribution in [3.63, 3.8) is 0 Å². The summed E-state index contributed by atoms with van der Waals surface area (Å²) in [5.41, 5.74) is 0. The summed E-state index contributed by atoms with van der Waals surface area (Å²) >= 11 is 0. The standard InChI is InChI=1S/C14H27NO2/c16-10-4-7-13-6-3-9-15(13)11-12-5-1-2-8-14(12)17/h12-14,16-17H,1-11H2. The summed E-state index contributed by atoms with van der Waals surface area (Å²) in [6.45, 7) is 2.59. The van der Waals surface area contributed by atoms with Crippen molar-refractivity contribution in [3.05, 3.63) is 0 Å². The molecule has 2 aliphatic rings. The molecule has 1 aliphatic carbocycles. The van der Waals surface area contributed by atoms with E-state index in [0.717, 1.165) is 25.8 Å². The topological polar surface area (TPSA) is 43.7 Å². The van der Waals surface area contributed by atoms with E-state index in [4.69, 9.17) is 5.11 Å². The van der Waals surface area contributed by atoms with E-state index in [1.165, 1.54) is 38.6 Å². The Morgan fingerprint density at radius 3 is 2.65 bits per heavy atom. The molecule has 1 aliphatic heterocycles. The van der Waals surface area contributed by atoms with Gasteiger partial charge in [-0.2, -0.15) is 0 Å². The van der Waals surface area contributed by atoms with Gasteiger partial charge in [0.25, 0.3) is 0 Å². The van der Waals surface area contributed by atoms with E-state index in [1.54, 1.807) is 0 Å². The molecule has 3 unspecified atom stereocenters. The molecule has 1 saturated heterocycles. The molecule has 0 aromatic carbocycles. The van der Waals surface area contributed by atoms with Gasteiger partial charge >= 0.3 is 0 Å². The van der Waals surface area contributed by atoms with Crippen molar-refractivity contribution in [2.24, 2.45) is 5.92 Å². The van der Waals surface area contributed by atoms with E-state index in [0.29, 0.717) is 18.6 Å². The van der Waals surface area contributed by atoms with Crippen LogP contribution in [0.2, 0.25) is 0 Å². The highest BCUT2D eigenvalue weighted by Gasteiger charge is 2.30. The van der Waals surface area contributed by atoms with Gasteiger partial charge in [0, 0.05) is 19.2 Å². The molecule has 2 rings (SSSR count). The number of hydrogen-bond acceptors (Lipinski definition) is 3. The second-order valence-electron chi connectivity index (χ2n) is 5.77. The summed E-state index contributed by atoms with van der Waals surface area (Å²) in [4.78, 5) is 2.56. The first-order chi connectivity index (χ1) is 8.31. The summed E-state index contributed by atoms with van der Waals surface area (Å²) in [6.07, 6.45) is 9.24. The number of aliphatic hydroxyl groups is 2. The molecule has 0 spiro atoms. The van der Waals surface area contributed by atoms with Crippen molar-refractivity contribution >= 4 is 0 Å². The van der Waals surface area contributed by atoms with Gasteiger partial charge in [0.2, 0.25) is 0 Å². The third kappa shape index (κ3) is 3.67. The first-order valence-corrected chi connectivity index (χ1v) is 7.34. The van der Waals surface area contributed by atoms with Crippen LogP contribution in [-0.2, 0) is 0 Å². The first-order valence-electron chi connectivity index (χ1n) is 7.34. The van der Waals surface area contributed by atoms with Crippen LogP contribution in [0.4, 0.5) is 0 Å². The van der Waals surface area contributed by atoms with Gasteiger partial charge in [-0.15, -0.1) is 0 Å². The Kier molecular flexibility index (Phi) is 5.26. The van der Waals surface area contributed by atoms with Gasteiger partial charge in [0.1, 0.15) is 0 Å². The summed E-state index contributed by atoms with van der Waals surface area (Å²) in [6, 6.07) is 0.663. The van der Waals surface area contributed by atoms with Crippen LogP contribution in [0, 0.1) is 5.92 Å². The Bertz CT molecular complexity index is 222. The van der Waals surface area contributed by atoms with Crippen LogP contribution in [0.3, 0.4) is 0 Å². The molecular weight excluding hydrogens is 214 g/mol. The number of rotatable bonds is 5. The molecule has 3 atom stereocenters. The fraction of sp³-hybridized carbons (Fsp3) is 1.00. The largest absolute Gasteiger partial charge is 0.396 e. The lowest BCUT2D eigenvalue weighted by Gasteiger charge is -2.33. The Morgan fingerprint density at radius 2 is 1.88 bits per heavy atom. The van der Waals surface area contributed by atoms with E-state index >= 15 is 0 Å². The summed E-state index contributed by atoms with van der Waals surface area (Å²) in [7, 11) is 0. The van der Waals surface area contributed by atoms with Crippen LogP contribution in [0.15, 0.2) is 0 Å². The van der Waals surface area contributed by atoms with E-state index in [1.807, 2.05) is 0 Å². The van der Waals surface area contributed by atoms with Gasteiger partial charge in [0.05, 0.1) is 6.10 Å². The molecular formula is C14H27NO2. The van der Waals surface area contributed by atoms with Crippen molar-refractivity contribution in [2.45, 2.75) is 63.5 Å². The van der Waals surface area contributed by atoms with Gasteiger partial charge in [-0.25, -0.2) is 0 Å². The van der Waals surface area contributed by atoms with Crippen molar-refractivity contribution in [3.8, 4) is 0 Å². The maximum absolute atomic E-state index is 10.0. The van der Waals surface area contributed by atoms with Crippen LogP contribution in [-0.4, -0.2) is 47.0 Å². The van der Waals surface area contributed by atoms with Crippen molar-refractivity contribution in [2.75, 3.05) is 19.7 Å². The predicted molar refractivity (Wildman–Crippen MR) is 68.9 cm³/mol. The van der Waals surface area contributed by atoms with Gasteiger partial charge in [-0.3, -0.25) is 0 Å². The molecule has 2 N–H and O–H groups in total. The Hall–Kier alpha value is -0.120. The molecule has 100 valence electrons. The molecule has 0 amide bonds. The smallest absolute Gasteiger partial charge is 0.0580 e. The fourth-order valence-electron chi connectivity index (χ4n) is 3.49. The molecule has 0 bridgehead atoms. The molecule has 0 aromatic rings. The normalized spacial score (nSPS) is 35.3. The lowest BCUT2D eigenvalue weighted by Crippen LogP contribution is -2.39. The SMILES string of the molecule is OCCCC1CCCN1CC1CCCCC1O. The number of hydrogen-bond donors (Lipinski definition) is 2. The summed E-state index contributed by atoms with van der Waals surface area (Å²) < 4.78 is 0. The molecule has 3 nitrogen and oxygen atoms in total. The molecule has 1 heterocycles. The van der Waals surface area contributed by atoms with Gasteiger partial charge in [-0.1, -0.05) is 12.8 Å². The highest BCUT2D eigenvalue weighted by molar-refractivity contribution is 4.84. The quantitative estimate of drug-likeness (QED) is 0.771.